The summed E-state index contributed by atoms with van der Waals surface area (Å²) >= 11 is 0. The molecule has 1 aromatic rings. The smallest absolute Gasteiger partial charge is 0.182 e. The number of rotatable bonds is 2. The predicted octanol–water partition coefficient (Wildman–Crippen LogP) is 2.15. The Bertz CT molecular complexity index is 368. The molecule has 1 heterocycles. The van der Waals surface area contributed by atoms with Crippen LogP contribution in [0.1, 0.15) is 13.3 Å². The lowest BCUT2D eigenvalue weighted by Gasteiger charge is -2.37. The van der Waals surface area contributed by atoms with Crippen molar-refractivity contribution in [2.45, 2.75) is 19.4 Å². The second-order valence-electron chi connectivity index (χ2n) is 4.03. The van der Waals surface area contributed by atoms with Gasteiger partial charge < -0.3 is 10.2 Å². The first-order valence-corrected chi connectivity index (χ1v) is 5.65. The van der Waals surface area contributed by atoms with E-state index in [0.29, 0.717) is 5.69 Å². The SMILES string of the molecule is CCC1CNCCN1c1cccc(F)c1F. The number of anilines is 1. The Morgan fingerprint density at radius 3 is 3.00 bits per heavy atom. The van der Waals surface area contributed by atoms with Gasteiger partial charge in [-0.05, 0) is 18.6 Å². The molecule has 1 saturated heterocycles. The van der Waals surface area contributed by atoms with E-state index < -0.39 is 11.6 Å². The molecule has 1 atom stereocenters. The molecule has 1 N–H and O–H groups in total. The third-order valence-corrected chi connectivity index (χ3v) is 3.06. The van der Waals surface area contributed by atoms with Gasteiger partial charge in [-0.25, -0.2) is 8.78 Å². The molecule has 0 amide bonds. The monoisotopic (exact) mass is 226 g/mol. The van der Waals surface area contributed by atoms with E-state index in [1.165, 1.54) is 0 Å². The molecule has 2 rings (SSSR count). The molecular formula is C12H16F2N2. The number of piperazine rings is 1. The van der Waals surface area contributed by atoms with Crippen molar-refractivity contribution in [1.29, 1.82) is 0 Å². The number of nitrogens with zero attached hydrogens (tertiary/aromatic N) is 1. The largest absolute Gasteiger partial charge is 0.364 e. The summed E-state index contributed by atoms with van der Waals surface area (Å²) in [5.41, 5.74) is 0.383. The number of benzene rings is 1. The minimum Gasteiger partial charge on any atom is -0.364 e. The van der Waals surface area contributed by atoms with Crippen LogP contribution in [0.25, 0.3) is 0 Å². The third kappa shape index (κ3) is 2.02. The Morgan fingerprint density at radius 1 is 1.44 bits per heavy atom. The summed E-state index contributed by atoms with van der Waals surface area (Å²) in [6, 6.07) is 4.60. The summed E-state index contributed by atoms with van der Waals surface area (Å²) in [6.07, 6.45) is 0.920. The van der Waals surface area contributed by atoms with Crippen LogP contribution in [-0.2, 0) is 0 Å². The van der Waals surface area contributed by atoms with Crippen molar-refractivity contribution >= 4 is 5.69 Å². The van der Waals surface area contributed by atoms with Crippen LogP contribution in [0.5, 0.6) is 0 Å². The van der Waals surface area contributed by atoms with Crippen molar-refractivity contribution in [3.05, 3.63) is 29.8 Å². The van der Waals surface area contributed by atoms with Gasteiger partial charge in [0.25, 0.3) is 0 Å². The van der Waals surface area contributed by atoms with E-state index >= 15 is 0 Å². The summed E-state index contributed by atoms with van der Waals surface area (Å²) in [4.78, 5) is 1.95. The van der Waals surface area contributed by atoms with Crippen LogP contribution in [-0.4, -0.2) is 25.7 Å². The van der Waals surface area contributed by atoms with Gasteiger partial charge in [-0.3, -0.25) is 0 Å². The number of nitrogens with one attached hydrogen (secondary N) is 1. The van der Waals surface area contributed by atoms with Gasteiger partial charge >= 0.3 is 0 Å². The second kappa shape index (κ2) is 4.78. The van der Waals surface area contributed by atoms with E-state index in [1.54, 1.807) is 12.1 Å². The standard InChI is InChI=1S/C12H16F2N2/c1-2-9-8-15-6-7-16(9)11-5-3-4-10(13)12(11)14/h3-5,9,15H,2,6-8H2,1H3. The average molecular weight is 226 g/mol. The molecule has 1 aromatic carbocycles. The predicted molar refractivity (Wildman–Crippen MR) is 60.7 cm³/mol. The van der Waals surface area contributed by atoms with Crippen molar-refractivity contribution in [1.82, 2.24) is 5.32 Å². The van der Waals surface area contributed by atoms with Gasteiger partial charge in [-0.2, -0.15) is 0 Å². The third-order valence-electron chi connectivity index (χ3n) is 3.06. The fourth-order valence-corrected chi connectivity index (χ4v) is 2.16. The average Bonchev–Trinajstić information content (AvgIpc) is 2.33. The van der Waals surface area contributed by atoms with Crippen molar-refractivity contribution in [2.24, 2.45) is 0 Å². The Kier molecular flexibility index (Phi) is 3.39. The summed E-state index contributed by atoms with van der Waals surface area (Å²) in [5.74, 6) is -1.51. The zero-order valence-corrected chi connectivity index (χ0v) is 9.34. The van der Waals surface area contributed by atoms with E-state index in [-0.39, 0.29) is 6.04 Å². The van der Waals surface area contributed by atoms with Crippen molar-refractivity contribution in [3.8, 4) is 0 Å². The summed E-state index contributed by atoms with van der Waals surface area (Å²) in [7, 11) is 0. The van der Waals surface area contributed by atoms with Gasteiger partial charge in [-0.15, -0.1) is 0 Å². The van der Waals surface area contributed by atoms with E-state index in [1.807, 2.05) is 4.90 Å². The highest BCUT2D eigenvalue weighted by Crippen LogP contribution is 2.24. The zero-order valence-electron chi connectivity index (χ0n) is 9.34. The first-order valence-electron chi connectivity index (χ1n) is 5.65. The second-order valence-corrected chi connectivity index (χ2v) is 4.03. The number of hydrogen-bond donors (Lipinski definition) is 1. The fraction of sp³-hybridized carbons (Fsp3) is 0.500. The Labute approximate surface area is 94.3 Å². The van der Waals surface area contributed by atoms with Gasteiger partial charge in [0.1, 0.15) is 0 Å². The minimum atomic E-state index is -0.772. The van der Waals surface area contributed by atoms with Crippen LogP contribution in [0.4, 0.5) is 14.5 Å². The molecule has 1 aliphatic rings. The molecule has 0 saturated carbocycles. The molecule has 1 aliphatic heterocycles. The van der Waals surface area contributed by atoms with Crippen LogP contribution in [0, 0.1) is 11.6 Å². The van der Waals surface area contributed by atoms with Crippen LogP contribution >= 0.6 is 0 Å². The Morgan fingerprint density at radius 2 is 2.25 bits per heavy atom. The van der Waals surface area contributed by atoms with Gasteiger partial charge in [0.2, 0.25) is 0 Å². The normalized spacial score (nSPS) is 21.2. The maximum atomic E-state index is 13.7. The van der Waals surface area contributed by atoms with Crippen LogP contribution < -0.4 is 10.2 Å². The zero-order chi connectivity index (χ0) is 11.5. The Hall–Kier alpha value is -1.16. The highest BCUT2D eigenvalue weighted by molar-refractivity contribution is 5.49. The molecule has 88 valence electrons. The summed E-state index contributed by atoms with van der Waals surface area (Å²) in [6.45, 7) is 4.42. The quantitative estimate of drug-likeness (QED) is 0.831. The highest BCUT2D eigenvalue weighted by atomic mass is 19.2. The summed E-state index contributed by atoms with van der Waals surface area (Å²) < 4.78 is 26.8. The molecule has 0 aliphatic carbocycles. The van der Waals surface area contributed by atoms with Crippen LogP contribution in [0.15, 0.2) is 18.2 Å². The molecule has 2 nitrogen and oxygen atoms in total. The lowest BCUT2D eigenvalue weighted by Crippen LogP contribution is -2.51. The lowest BCUT2D eigenvalue weighted by atomic mass is 10.1. The highest BCUT2D eigenvalue weighted by Gasteiger charge is 2.24. The van der Waals surface area contributed by atoms with E-state index in [9.17, 15) is 8.78 Å². The molecule has 4 heteroatoms. The van der Waals surface area contributed by atoms with Gasteiger partial charge in [0.15, 0.2) is 11.6 Å². The summed E-state index contributed by atoms with van der Waals surface area (Å²) in [5, 5.41) is 3.26. The maximum Gasteiger partial charge on any atom is 0.182 e. The van der Waals surface area contributed by atoms with E-state index in [4.69, 9.17) is 0 Å². The van der Waals surface area contributed by atoms with Gasteiger partial charge in [0.05, 0.1) is 5.69 Å². The number of hydrogen-bond acceptors (Lipinski definition) is 2. The molecule has 1 fully saturated rings. The molecule has 1 unspecified atom stereocenters. The van der Waals surface area contributed by atoms with E-state index in [0.717, 1.165) is 32.1 Å². The first-order chi connectivity index (χ1) is 7.74. The van der Waals surface area contributed by atoms with Crippen molar-refractivity contribution < 1.29 is 8.78 Å². The topological polar surface area (TPSA) is 15.3 Å². The molecule has 0 bridgehead atoms. The molecule has 0 spiro atoms. The van der Waals surface area contributed by atoms with Crippen molar-refractivity contribution in [2.75, 3.05) is 24.5 Å². The van der Waals surface area contributed by atoms with Crippen molar-refractivity contribution in [3.63, 3.8) is 0 Å². The first kappa shape index (κ1) is 11.3. The molecular weight excluding hydrogens is 210 g/mol. The Balaban J connectivity index is 2.30. The van der Waals surface area contributed by atoms with Gasteiger partial charge in [-0.1, -0.05) is 13.0 Å². The molecule has 16 heavy (non-hydrogen) atoms. The molecule has 0 radical (unpaired) electrons. The van der Waals surface area contributed by atoms with Crippen LogP contribution in [0.2, 0.25) is 0 Å². The van der Waals surface area contributed by atoms with Crippen LogP contribution in [0.3, 0.4) is 0 Å². The lowest BCUT2D eigenvalue weighted by molar-refractivity contribution is 0.449. The molecule has 0 aromatic heterocycles. The van der Waals surface area contributed by atoms with E-state index in [2.05, 4.69) is 12.2 Å². The van der Waals surface area contributed by atoms with Gasteiger partial charge in [0, 0.05) is 25.7 Å². The fourth-order valence-electron chi connectivity index (χ4n) is 2.16. The number of halogens is 2. The maximum absolute atomic E-state index is 13.7. The minimum absolute atomic E-state index is 0.241.